The molecule has 1 fully saturated rings. The average Bonchev–Trinajstić information content (AvgIpc) is 2.93. The quantitative estimate of drug-likeness (QED) is 0.878. The minimum Gasteiger partial charge on any atom is -0.464 e. The topological polar surface area (TPSA) is 79.4 Å². The number of aromatic nitrogens is 2. The molecule has 1 saturated heterocycles. The number of methoxy groups -OCH3 is 1. The molecule has 7 heteroatoms. The van der Waals surface area contributed by atoms with Crippen LogP contribution in [0.3, 0.4) is 0 Å². The molecule has 0 amide bonds. The van der Waals surface area contributed by atoms with Crippen molar-refractivity contribution in [3.05, 3.63) is 41.3 Å². The highest BCUT2D eigenvalue weighted by Gasteiger charge is 2.30. The van der Waals surface area contributed by atoms with Gasteiger partial charge in [-0.15, -0.1) is 0 Å². The zero-order chi connectivity index (χ0) is 16.4. The Morgan fingerprint density at radius 2 is 2.00 bits per heavy atom. The first-order valence-corrected chi connectivity index (χ1v) is 7.42. The molecular formula is C16H18FN3O3. The van der Waals surface area contributed by atoms with Crippen molar-refractivity contribution in [1.29, 1.82) is 0 Å². The lowest BCUT2D eigenvalue weighted by Gasteiger charge is -2.22. The van der Waals surface area contributed by atoms with Gasteiger partial charge in [0, 0.05) is 18.8 Å². The van der Waals surface area contributed by atoms with Gasteiger partial charge in [0.05, 0.1) is 12.8 Å². The summed E-state index contributed by atoms with van der Waals surface area (Å²) in [6.07, 6.45) is 1.53. The smallest absolute Gasteiger partial charge is 0.358 e. The second-order valence-corrected chi connectivity index (χ2v) is 5.41. The van der Waals surface area contributed by atoms with Crippen LogP contribution >= 0.6 is 0 Å². The molecule has 0 bridgehead atoms. The molecule has 2 N–H and O–H groups in total. The molecule has 122 valence electrons. The molecule has 0 aliphatic carbocycles. The van der Waals surface area contributed by atoms with Gasteiger partial charge in [0.25, 0.3) is 0 Å². The van der Waals surface area contributed by atoms with Crippen molar-refractivity contribution in [2.75, 3.05) is 26.1 Å². The zero-order valence-electron chi connectivity index (χ0n) is 12.8. The van der Waals surface area contributed by atoms with Gasteiger partial charge in [-0.3, -0.25) is 0 Å². The van der Waals surface area contributed by atoms with Gasteiger partial charge in [-0.25, -0.2) is 13.9 Å². The zero-order valence-corrected chi connectivity index (χ0v) is 12.8. The predicted molar refractivity (Wildman–Crippen MR) is 82.1 cm³/mol. The minimum absolute atomic E-state index is 0.0899. The fourth-order valence-corrected chi connectivity index (χ4v) is 2.86. The van der Waals surface area contributed by atoms with Gasteiger partial charge in [0.1, 0.15) is 11.6 Å². The predicted octanol–water partition coefficient (Wildman–Crippen LogP) is 2.27. The third kappa shape index (κ3) is 2.92. The van der Waals surface area contributed by atoms with E-state index in [1.165, 1.54) is 23.9 Å². The van der Waals surface area contributed by atoms with Gasteiger partial charge in [0.15, 0.2) is 5.69 Å². The monoisotopic (exact) mass is 319 g/mol. The molecule has 1 aromatic heterocycles. The van der Waals surface area contributed by atoms with Crippen LogP contribution in [0.2, 0.25) is 0 Å². The highest BCUT2D eigenvalue weighted by atomic mass is 19.1. The third-order valence-corrected chi connectivity index (χ3v) is 4.04. The summed E-state index contributed by atoms with van der Waals surface area (Å²) in [5, 5.41) is 4.31. The number of nitrogen functional groups attached to an aromatic ring is 1. The number of carbonyl (C=O) groups is 1. The van der Waals surface area contributed by atoms with Crippen molar-refractivity contribution < 1.29 is 18.7 Å². The Labute approximate surface area is 133 Å². The molecule has 23 heavy (non-hydrogen) atoms. The lowest BCUT2D eigenvalue weighted by Crippen LogP contribution is -2.17. The van der Waals surface area contributed by atoms with Crippen molar-refractivity contribution in [3.63, 3.8) is 0 Å². The van der Waals surface area contributed by atoms with Crippen LogP contribution in [-0.2, 0) is 9.47 Å². The molecule has 0 saturated carbocycles. The summed E-state index contributed by atoms with van der Waals surface area (Å²) in [6.45, 7) is 1.24. The highest BCUT2D eigenvalue weighted by molar-refractivity contribution is 5.91. The normalized spacial score (nSPS) is 15.6. The van der Waals surface area contributed by atoms with Crippen LogP contribution in [0.5, 0.6) is 0 Å². The van der Waals surface area contributed by atoms with E-state index in [0.29, 0.717) is 30.3 Å². The molecule has 1 aromatic carbocycles. The highest BCUT2D eigenvalue weighted by Crippen LogP contribution is 2.35. The number of nitrogens with zero attached hydrogens (tertiary/aromatic N) is 2. The molecule has 0 atom stereocenters. The fraction of sp³-hybridized carbons (Fsp3) is 0.375. The number of anilines is 1. The second kappa shape index (κ2) is 6.37. The van der Waals surface area contributed by atoms with Gasteiger partial charge in [-0.2, -0.15) is 5.10 Å². The number of ether oxygens (including phenoxy) is 2. The molecule has 0 spiro atoms. The first kappa shape index (κ1) is 15.5. The van der Waals surface area contributed by atoms with E-state index < -0.39 is 5.97 Å². The number of hydrogen-bond donors (Lipinski definition) is 1. The molecule has 0 radical (unpaired) electrons. The largest absolute Gasteiger partial charge is 0.464 e. The van der Waals surface area contributed by atoms with Crippen LogP contribution in [-0.4, -0.2) is 36.1 Å². The maximum absolute atomic E-state index is 13.1. The number of hydrogen-bond acceptors (Lipinski definition) is 5. The number of rotatable bonds is 3. The number of carbonyl (C=O) groups excluding carboxylic acids is 1. The summed E-state index contributed by atoms with van der Waals surface area (Å²) in [5.41, 5.74) is 7.74. The van der Waals surface area contributed by atoms with E-state index in [4.69, 9.17) is 15.2 Å². The molecule has 2 heterocycles. The second-order valence-electron chi connectivity index (χ2n) is 5.41. The van der Waals surface area contributed by atoms with Crippen molar-refractivity contribution in [1.82, 2.24) is 9.78 Å². The first-order valence-electron chi connectivity index (χ1n) is 7.42. The van der Waals surface area contributed by atoms with Gasteiger partial charge in [0.2, 0.25) is 0 Å². The first-order chi connectivity index (χ1) is 11.1. The van der Waals surface area contributed by atoms with E-state index in [0.717, 1.165) is 12.8 Å². The maximum Gasteiger partial charge on any atom is 0.358 e. The van der Waals surface area contributed by atoms with Crippen molar-refractivity contribution >= 4 is 11.8 Å². The van der Waals surface area contributed by atoms with E-state index in [-0.39, 0.29) is 17.4 Å². The van der Waals surface area contributed by atoms with E-state index >= 15 is 0 Å². The SMILES string of the molecule is COC(=O)c1nn(-c2ccc(F)cc2)c(N)c1C1CCOCC1. The van der Waals surface area contributed by atoms with E-state index in [1.54, 1.807) is 12.1 Å². The molecule has 1 aliphatic rings. The van der Waals surface area contributed by atoms with Crippen LogP contribution in [0.4, 0.5) is 10.2 Å². The van der Waals surface area contributed by atoms with Gasteiger partial charge >= 0.3 is 5.97 Å². The Balaban J connectivity index is 2.09. The Morgan fingerprint density at radius 3 is 2.61 bits per heavy atom. The Morgan fingerprint density at radius 1 is 1.35 bits per heavy atom. The molecule has 2 aromatic rings. The fourth-order valence-electron chi connectivity index (χ4n) is 2.86. The van der Waals surface area contributed by atoms with Gasteiger partial charge in [-0.05, 0) is 43.0 Å². The molecule has 6 nitrogen and oxygen atoms in total. The Bertz CT molecular complexity index is 706. The van der Waals surface area contributed by atoms with Gasteiger partial charge in [-0.1, -0.05) is 0 Å². The van der Waals surface area contributed by atoms with Crippen molar-refractivity contribution in [2.24, 2.45) is 0 Å². The number of nitrogens with two attached hydrogens (primary N) is 1. The molecule has 0 unspecified atom stereocenters. The maximum atomic E-state index is 13.1. The summed E-state index contributed by atoms with van der Waals surface area (Å²) in [6, 6.07) is 5.77. The van der Waals surface area contributed by atoms with Crippen molar-refractivity contribution in [2.45, 2.75) is 18.8 Å². The Kier molecular flexibility index (Phi) is 4.29. The van der Waals surface area contributed by atoms with Crippen LogP contribution < -0.4 is 5.73 Å². The van der Waals surface area contributed by atoms with Crippen molar-refractivity contribution in [3.8, 4) is 5.69 Å². The lowest BCUT2D eigenvalue weighted by molar-refractivity contribution is 0.0585. The summed E-state index contributed by atoms with van der Waals surface area (Å²) in [7, 11) is 1.31. The minimum atomic E-state index is -0.529. The molecule has 3 rings (SSSR count). The van der Waals surface area contributed by atoms with E-state index in [2.05, 4.69) is 5.10 Å². The number of benzene rings is 1. The molecular weight excluding hydrogens is 301 g/mol. The lowest BCUT2D eigenvalue weighted by atomic mass is 9.91. The van der Waals surface area contributed by atoms with Crippen LogP contribution in [0, 0.1) is 5.82 Å². The standard InChI is InChI=1S/C16H18FN3O3/c1-22-16(21)14-13(10-6-8-23-9-7-10)15(18)20(19-14)12-4-2-11(17)3-5-12/h2-5,10H,6-9,18H2,1H3. The third-order valence-electron chi connectivity index (χ3n) is 4.04. The van der Waals surface area contributed by atoms with Crippen LogP contribution in [0.15, 0.2) is 24.3 Å². The van der Waals surface area contributed by atoms with Gasteiger partial charge < -0.3 is 15.2 Å². The van der Waals surface area contributed by atoms with Crippen LogP contribution in [0.1, 0.15) is 34.8 Å². The van der Waals surface area contributed by atoms with Crippen LogP contribution in [0.25, 0.3) is 5.69 Å². The summed E-state index contributed by atoms with van der Waals surface area (Å²) in [4.78, 5) is 12.1. The van der Waals surface area contributed by atoms with E-state index in [1.807, 2.05) is 0 Å². The molecule has 1 aliphatic heterocycles. The number of esters is 1. The number of halogens is 1. The summed E-state index contributed by atoms with van der Waals surface area (Å²) < 4.78 is 24.8. The average molecular weight is 319 g/mol. The Hall–Kier alpha value is -2.41. The summed E-state index contributed by atoms with van der Waals surface area (Å²) >= 11 is 0. The van der Waals surface area contributed by atoms with E-state index in [9.17, 15) is 9.18 Å². The summed E-state index contributed by atoms with van der Waals surface area (Å²) in [5.74, 6) is -0.410.